The molecule has 0 radical (unpaired) electrons. The Bertz CT molecular complexity index is 1300. The first kappa shape index (κ1) is 25.9. The van der Waals surface area contributed by atoms with Crippen LogP contribution in [0.1, 0.15) is 43.2 Å². The molecule has 0 saturated carbocycles. The second-order valence-electron chi connectivity index (χ2n) is 8.44. The Morgan fingerprint density at radius 1 is 1.19 bits per heavy atom. The maximum absolute atomic E-state index is 13.6. The van der Waals surface area contributed by atoms with Crippen molar-refractivity contribution >= 4 is 9.84 Å². The molecule has 3 aromatic rings. The zero-order chi connectivity index (χ0) is 25.9. The highest BCUT2D eigenvalue weighted by molar-refractivity contribution is 7.91. The molecule has 1 aliphatic heterocycles. The van der Waals surface area contributed by atoms with E-state index in [1.54, 1.807) is 43.3 Å². The van der Waals surface area contributed by atoms with Crippen LogP contribution in [0.4, 0.5) is 0 Å². The molecule has 3 atom stereocenters. The van der Waals surface area contributed by atoms with E-state index in [-0.39, 0.29) is 30.8 Å². The lowest BCUT2D eigenvalue weighted by atomic mass is 10.2. The Balaban J connectivity index is 1.72. The van der Waals surface area contributed by atoms with E-state index in [1.165, 1.54) is 7.11 Å². The minimum atomic E-state index is -3.78. The number of ether oxygens (including phenoxy) is 4. The van der Waals surface area contributed by atoms with Crippen molar-refractivity contribution in [2.24, 2.45) is 0 Å². The summed E-state index contributed by atoms with van der Waals surface area (Å²) >= 11 is 0. The van der Waals surface area contributed by atoms with Crippen molar-refractivity contribution in [1.29, 1.82) is 0 Å². The van der Waals surface area contributed by atoms with Gasteiger partial charge in [0.1, 0.15) is 24.3 Å². The Morgan fingerprint density at radius 2 is 1.94 bits per heavy atom. The van der Waals surface area contributed by atoms with E-state index in [9.17, 15) is 8.42 Å². The fourth-order valence-corrected chi connectivity index (χ4v) is 5.53. The predicted octanol–water partition coefficient (Wildman–Crippen LogP) is 2.11. The van der Waals surface area contributed by atoms with Crippen LogP contribution in [0.2, 0.25) is 0 Å². The highest BCUT2D eigenvalue weighted by Gasteiger charge is 2.36. The highest BCUT2D eigenvalue weighted by atomic mass is 32.2. The molecule has 1 aliphatic rings. The quantitative estimate of drug-likeness (QED) is 0.390. The van der Waals surface area contributed by atoms with Crippen LogP contribution in [0.25, 0.3) is 11.4 Å². The molecule has 0 unspecified atom stereocenters. The minimum Gasteiger partial charge on any atom is -0.485 e. The molecule has 0 saturated heterocycles. The Labute approximate surface area is 209 Å². The van der Waals surface area contributed by atoms with Crippen LogP contribution in [0.5, 0.6) is 11.6 Å². The average molecular weight is 519 g/mol. The summed E-state index contributed by atoms with van der Waals surface area (Å²) in [5.41, 5.74) is 1.48. The first-order chi connectivity index (χ1) is 17.3. The number of sulfone groups is 1. The Morgan fingerprint density at radius 3 is 2.61 bits per heavy atom. The molecule has 4 heterocycles. The molecule has 0 N–H and O–H groups in total. The van der Waals surface area contributed by atoms with Gasteiger partial charge in [0, 0.05) is 32.8 Å². The monoisotopic (exact) mass is 518 g/mol. The molecule has 36 heavy (non-hydrogen) atoms. The summed E-state index contributed by atoms with van der Waals surface area (Å²) in [7, 11) is -0.769. The molecule has 0 amide bonds. The van der Waals surface area contributed by atoms with Crippen LogP contribution >= 0.6 is 0 Å². The molecule has 3 aromatic heterocycles. The van der Waals surface area contributed by atoms with Gasteiger partial charge in [-0.15, -0.1) is 10.2 Å². The first-order valence-electron chi connectivity index (χ1n) is 11.5. The third-order valence-electron chi connectivity index (χ3n) is 5.94. The van der Waals surface area contributed by atoms with Gasteiger partial charge in [0.05, 0.1) is 30.1 Å². The largest absolute Gasteiger partial charge is 0.485 e. The maximum Gasteiger partial charge on any atom is 0.257 e. The van der Waals surface area contributed by atoms with E-state index in [0.29, 0.717) is 35.4 Å². The molecular formula is C23H30N6O6S. The number of pyridine rings is 1. The third-order valence-corrected chi connectivity index (χ3v) is 7.98. The fraction of sp³-hybridized carbons (Fsp3) is 0.522. The number of methoxy groups -OCH3 is 2. The van der Waals surface area contributed by atoms with Crippen molar-refractivity contribution in [3.63, 3.8) is 0 Å². The predicted molar refractivity (Wildman–Crippen MR) is 129 cm³/mol. The zero-order valence-corrected chi connectivity index (χ0v) is 21.7. The van der Waals surface area contributed by atoms with Crippen molar-refractivity contribution in [3.8, 4) is 23.0 Å². The van der Waals surface area contributed by atoms with E-state index in [2.05, 4.69) is 25.1 Å². The van der Waals surface area contributed by atoms with Gasteiger partial charge in [0.2, 0.25) is 0 Å². The van der Waals surface area contributed by atoms with Crippen molar-refractivity contribution in [3.05, 3.63) is 41.9 Å². The lowest BCUT2D eigenvalue weighted by Crippen LogP contribution is -2.31. The first-order valence-corrected chi connectivity index (χ1v) is 13.2. The Kier molecular flexibility index (Phi) is 7.81. The SMILES string of the molecule is CCOc1nccc2c1OC[C@@H](COC)n1c(CS(=O)(=O)[C@@H](C)[C@H](OC)c3ncc(C)cn3)nnc1-2. The van der Waals surface area contributed by atoms with Gasteiger partial charge in [-0.3, -0.25) is 0 Å². The van der Waals surface area contributed by atoms with Gasteiger partial charge < -0.3 is 23.5 Å². The number of hydrogen-bond donors (Lipinski definition) is 0. The zero-order valence-electron chi connectivity index (χ0n) is 20.9. The minimum absolute atomic E-state index is 0.193. The normalized spacial score (nSPS) is 16.9. The number of aromatic nitrogens is 6. The molecular weight excluding hydrogens is 488 g/mol. The maximum atomic E-state index is 13.6. The molecule has 0 aromatic carbocycles. The summed E-state index contributed by atoms with van der Waals surface area (Å²) in [5, 5.41) is 7.67. The summed E-state index contributed by atoms with van der Waals surface area (Å²) in [4.78, 5) is 12.8. The van der Waals surface area contributed by atoms with Crippen molar-refractivity contribution < 1.29 is 27.4 Å². The van der Waals surface area contributed by atoms with E-state index in [0.717, 1.165) is 5.56 Å². The van der Waals surface area contributed by atoms with E-state index >= 15 is 0 Å². The van der Waals surface area contributed by atoms with E-state index in [4.69, 9.17) is 18.9 Å². The number of hydrogen-bond acceptors (Lipinski definition) is 11. The number of fused-ring (bicyclic) bond motifs is 3. The fourth-order valence-electron chi connectivity index (χ4n) is 4.10. The van der Waals surface area contributed by atoms with Gasteiger partial charge >= 0.3 is 0 Å². The second kappa shape index (κ2) is 10.8. The smallest absolute Gasteiger partial charge is 0.257 e. The van der Waals surface area contributed by atoms with Gasteiger partial charge in [0.25, 0.3) is 5.88 Å². The second-order valence-corrected chi connectivity index (χ2v) is 10.8. The summed E-state index contributed by atoms with van der Waals surface area (Å²) in [6, 6.07) is 1.37. The molecule has 0 bridgehead atoms. The standard InChI is InChI=1S/C23H30N6O6S/c1-6-34-23-20-17(7-8-24-23)22-28-27-18(29(22)16(11-32-4)12-35-20)13-36(30,31)15(3)19(33-5)21-25-9-14(2)10-26-21/h7-10,15-16,19H,6,11-13H2,1-5H3/t15-,16+,19-/m0/s1. The summed E-state index contributed by atoms with van der Waals surface area (Å²) in [5.74, 6) is 1.43. The van der Waals surface area contributed by atoms with Crippen LogP contribution in [0.15, 0.2) is 24.7 Å². The lowest BCUT2D eigenvalue weighted by molar-refractivity contribution is 0.0947. The molecule has 13 heteroatoms. The molecule has 0 spiro atoms. The third kappa shape index (κ3) is 5.04. The van der Waals surface area contributed by atoms with Gasteiger partial charge in [0.15, 0.2) is 27.2 Å². The van der Waals surface area contributed by atoms with Gasteiger partial charge in [-0.1, -0.05) is 0 Å². The molecule has 0 fully saturated rings. The van der Waals surface area contributed by atoms with E-state index < -0.39 is 21.2 Å². The topological polar surface area (TPSA) is 140 Å². The molecule has 12 nitrogen and oxygen atoms in total. The van der Waals surface area contributed by atoms with Crippen LogP contribution in [0, 0.1) is 6.92 Å². The highest BCUT2D eigenvalue weighted by Crippen LogP contribution is 2.40. The molecule has 4 rings (SSSR count). The van der Waals surface area contributed by atoms with Gasteiger partial charge in [-0.2, -0.15) is 0 Å². The number of aryl methyl sites for hydroxylation is 1. The van der Waals surface area contributed by atoms with Gasteiger partial charge in [-0.05, 0) is 32.4 Å². The number of nitrogens with zero attached hydrogens (tertiary/aromatic N) is 6. The van der Waals surface area contributed by atoms with Crippen LogP contribution < -0.4 is 9.47 Å². The van der Waals surface area contributed by atoms with Crippen molar-refractivity contribution in [2.45, 2.75) is 43.9 Å². The summed E-state index contributed by atoms with van der Waals surface area (Å²) in [6.07, 6.45) is 4.00. The number of rotatable bonds is 10. The van der Waals surface area contributed by atoms with Crippen molar-refractivity contribution in [1.82, 2.24) is 29.7 Å². The van der Waals surface area contributed by atoms with Crippen molar-refractivity contribution in [2.75, 3.05) is 34.0 Å². The summed E-state index contributed by atoms with van der Waals surface area (Å²) in [6.45, 7) is 6.15. The average Bonchev–Trinajstić information content (AvgIpc) is 3.18. The van der Waals surface area contributed by atoms with Crippen LogP contribution in [-0.4, -0.2) is 77.4 Å². The van der Waals surface area contributed by atoms with Gasteiger partial charge in [-0.25, -0.2) is 23.4 Å². The Hall–Kier alpha value is -3.16. The lowest BCUT2D eigenvalue weighted by Gasteiger charge is -2.23. The van der Waals surface area contributed by atoms with E-state index in [1.807, 2.05) is 13.8 Å². The summed E-state index contributed by atoms with van der Waals surface area (Å²) < 4.78 is 51.5. The van der Waals surface area contributed by atoms with Crippen LogP contribution in [-0.2, 0) is 25.1 Å². The molecule has 0 aliphatic carbocycles. The molecule has 194 valence electrons. The van der Waals surface area contributed by atoms with Crippen LogP contribution in [0.3, 0.4) is 0 Å².